The number of hydrogen-bond acceptors (Lipinski definition) is 6. The Morgan fingerprint density at radius 1 is 0.964 bits per heavy atom. The van der Waals surface area contributed by atoms with E-state index in [2.05, 4.69) is 15.2 Å². The summed E-state index contributed by atoms with van der Waals surface area (Å²) in [6, 6.07) is 17.0. The number of fused-ring (bicyclic) bond motifs is 2. The molecular formula is C19H15N4NaO3S. The predicted octanol–water partition coefficient (Wildman–Crippen LogP) is 1.75. The van der Waals surface area contributed by atoms with Crippen LogP contribution in [-0.2, 0) is 10.1 Å². The molecule has 0 atom stereocenters. The van der Waals surface area contributed by atoms with Gasteiger partial charge >= 0.3 is 29.6 Å². The van der Waals surface area contributed by atoms with E-state index in [1.807, 2.05) is 24.3 Å². The zero-order valence-electron chi connectivity index (χ0n) is 15.9. The van der Waals surface area contributed by atoms with E-state index in [0.717, 1.165) is 10.9 Å². The van der Waals surface area contributed by atoms with Gasteiger partial charge in [-0.3, -0.25) is 9.54 Å². The second-order valence-corrected chi connectivity index (χ2v) is 7.30. The molecule has 0 unspecified atom stereocenters. The molecule has 0 radical (unpaired) electrons. The van der Waals surface area contributed by atoms with Crippen molar-refractivity contribution in [2.75, 3.05) is 5.73 Å². The summed E-state index contributed by atoms with van der Waals surface area (Å²) in [5, 5.41) is 9.97. The standard InChI is InChI=1S/C19H14N4O3S.Na.H/c20-19-15-6-2-1-5-14(15)18(27(24,25)26)11-17(19)23-22-13-7-8-16-12(10-13)4-3-9-21-16;;/h1-11H,20H2,(H,24,25,26);;/q;+1;-1. The Kier molecular flexibility index (Phi) is 5.78. The summed E-state index contributed by atoms with van der Waals surface area (Å²) in [5.41, 5.74) is 7.98. The Morgan fingerprint density at radius 2 is 1.71 bits per heavy atom. The summed E-state index contributed by atoms with van der Waals surface area (Å²) in [4.78, 5) is 3.98. The molecule has 0 amide bonds. The van der Waals surface area contributed by atoms with Crippen molar-refractivity contribution in [3.05, 3.63) is 66.9 Å². The molecule has 7 nitrogen and oxygen atoms in total. The maximum Gasteiger partial charge on any atom is 1.00 e. The molecule has 28 heavy (non-hydrogen) atoms. The van der Waals surface area contributed by atoms with Gasteiger partial charge in [-0.1, -0.05) is 30.3 Å². The molecule has 0 fully saturated rings. The Balaban J connectivity index is 0.00000150. The Bertz CT molecular complexity index is 1330. The molecule has 0 saturated heterocycles. The van der Waals surface area contributed by atoms with E-state index in [0.29, 0.717) is 16.5 Å². The fraction of sp³-hybridized carbons (Fsp3) is 0. The first-order valence-electron chi connectivity index (χ1n) is 7.99. The van der Waals surface area contributed by atoms with Crippen molar-refractivity contribution < 1.29 is 44.0 Å². The van der Waals surface area contributed by atoms with Gasteiger partial charge in [0.25, 0.3) is 10.1 Å². The molecule has 4 rings (SSSR count). The van der Waals surface area contributed by atoms with E-state index < -0.39 is 10.1 Å². The minimum atomic E-state index is -4.45. The number of aromatic nitrogens is 1. The van der Waals surface area contributed by atoms with Crippen LogP contribution >= 0.6 is 0 Å². The fourth-order valence-corrected chi connectivity index (χ4v) is 3.60. The van der Waals surface area contributed by atoms with E-state index in [4.69, 9.17) is 5.73 Å². The van der Waals surface area contributed by atoms with Crippen molar-refractivity contribution in [2.24, 2.45) is 10.2 Å². The zero-order valence-corrected chi connectivity index (χ0v) is 17.8. The van der Waals surface area contributed by atoms with Crippen LogP contribution in [0.25, 0.3) is 21.7 Å². The number of nitrogens with two attached hydrogens (primary N) is 1. The summed E-state index contributed by atoms with van der Waals surface area (Å²) < 4.78 is 33.1. The molecule has 0 bridgehead atoms. The van der Waals surface area contributed by atoms with Crippen molar-refractivity contribution >= 4 is 48.9 Å². The number of rotatable bonds is 3. The van der Waals surface area contributed by atoms with Gasteiger partial charge in [-0.25, -0.2) is 0 Å². The smallest absolute Gasteiger partial charge is 1.00 e. The SMILES string of the molecule is Nc1c(N=Nc2ccc3ncccc3c2)cc(S(=O)(=O)O)c2ccccc12.[H-].[Na+]. The summed E-state index contributed by atoms with van der Waals surface area (Å²) in [7, 11) is -4.45. The van der Waals surface area contributed by atoms with Gasteiger partial charge in [0.1, 0.15) is 10.6 Å². The van der Waals surface area contributed by atoms with Gasteiger partial charge in [-0.15, -0.1) is 5.11 Å². The zero-order chi connectivity index (χ0) is 19.0. The first-order valence-corrected chi connectivity index (χ1v) is 9.43. The van der Waals surface area contributed by atoms with Gasteiger partial charge in [0.15, 0.2) is 0 Å². The number of nitrogens with zero attached hydrogens (tertiary/aromatic N) is 3. The second kappa shape index (κ2) is 7.94. The van der Waals surface area contributed by atoms with Gasteiger partial charge in [-0.2, -0.15) is 13.5 Å². The van der Waals surface area contributed by atoms with Gasteiger partial charge < -0.3 is 7.16 Å². The molecular weight excluding hydrogens is 387 g/mol. The quantitative estimate of drug-likeness (QED) is 0.234. The van der Waals surface area contributed by atoms with E-state index >= 15 is 0 Å². The van der Waals surface area contributed by atoms with Crippen molar-refractivity contribution in [2.45, 2.75) is 4.90 Å². The maximum absolute atomic E-state index is 11.8. The summed E-state index contributed by atoms with van der Waals surface area (Å²) in [5.74, 6) is 0. The molecule has 1 aromatic heterocycles. The monoisotopic (exact) mass is 402 g/mol. The third-order valence-corrected chi connectivity index (χ3v) is 5.06. The predicted molar refractivity (Wildman–Crippen MR) is 105 cm³/mol. The van der Waals surface area contributed by atoms with E-state index in [1.165, 1.54) is 6.07 Å². The summed E-state index contributed by atoms with van der Waals surface area (Å²) in [6.07, 6.45) is 1.70. The number of azo groups is 1. The number of anilines is 1. The molecule has 3 aromatic carbocycles. The maximum atomic E-state index is 11.8. The minimum absolute atomic E-state index is 0. The summed E-state index contributed by atoms with van der Waals surface area (Å²) in [6.45, 7) is 0. The Hall–Kier alpha value is -2.36. The van der Waals surface area contributed by atoms with Gasteiger partial charge in [0, 0.05) is 22.4 Å². The average Bonchev–Trinajstić information content (AvgIpc) is 2.66. The Morgan fingerprint density at radius 3 is 2.46 bits per heavy atom. The van der Waals surface area contributed by atoms with Gasteiger partial charge in [0.05, 0.1) is 16.9 Å². The molecule has 1 heterocycles. The van der Waals surface area contributed by atoms with Crippen molar-refractivity contribution in [3.8, 4) is 0 Å². The first-order chi connectivity index (χ1) is 12.9. The third kappa shape index (κ3) is 3.91. The van der Waals surface area contributed by atoms with Gasteiger partial charge in [0.2, 0.25) is 0 Å². The van der Waals surface area contributed by atoms with Crippen LogP contribution in [0.1, 0.15) is 1.43 Å². The molecule has 0 aliphatic carbocycles. The molecule has 0 saturated carbocycles. The van der Waals surface area contributed by atoms with Crippen molar-refractivity contribution in [1.82, 2.24) is 4.98 Å². The van der Waals surface area contributed by atoms with Crippen LogP contribution < -0.4 is 35.3 Å². The largest absolute Gasteiger partial charge is 1.00 e. The van der Waals surface area contributed by atoms with Crippen LogP contribution in [0.15, 0.2) is 82.0 Å². The molecule has 4 aromatic rings. The second-order valence-electron chi connectivity index (χ2n) is 5.91. The molecule has 3 N–H and O–H groups in total. The number of pyridine rings is 1. The van der Waals surface area contributed by atoms with Crippen LogP contribution in [0, 0.1) is 0 Å². The van der Waals surface area contributed by atoms with Crippen LogP contribution in [0.5, 0.6) is 0 Å². The van der Waals surface area contributed by atoms with E-state index in [1.54, 1.807) is 36.5 Å². The topological polar surface area (TPSA) is 118 Å². The molecule has 0 aliphatic heterocycles. The van der Waals surface area contributed by atoms with Gasteiger partial charge in [-0.05, 0) is 30.3 Å². The molecule has 9 heteroatoms. The fourth-order valence-electron chi connectivity index (χ4n) is 2.88. The average molecular weight is 402 g/mol. The minimum Gasteiger partial charge on any atom is -1.00 e. The normalized spacial score (nSPS) is 11.8. The Labute approximate surface area is 184 Å². The van der Waals surface area contributed by atoms with E-state index in [-0.39, 0.29) is 47.3 Å². The molecule has 0 spiro atoms. The number of benzene rings is 3. The van der Waals surface area contributed by atoms with Crippen molar-refractivity contribution in [3.63, 3.8) is 0 Å². The van der Waals surface area contributed by atoms with Crippen LogP contribution in [0.3, 0.4) is 0 Å². The van der Waals surface area contributed by atoms with E-state index in [9.17, 15) is 13.0 Å². The number of nitrogen functional groups attached to an aromatic ring is 1. The first kappa shape index (κ1) is 20.4. The number of hydrogen-bond donors (Lipinski definition) is 2. The van der Waals surface area contributed by atoms with Crippen LogP contribution in [-0.4, -0.2) is 18.0 Å². The summed E-state index contributed by atoms with van der Waals surface area (Å²) >= 11 is 0. The molecule has 136 valence electrons. The third-order valence-electron chi connectivity index (χ3n) is 4.16. The molecule has 0 aliphatic rings. The van der Waals surface area contributed by atoms with Crippen LogP contribution in [0.2, 0.25) is 0 Å². The van der Waals surface area contributed by atoms with Crippen molar-refractivity contribution in [1.29, 1.82) is 0 Å². The van der Waals surface area contributed by atoms with Crippen LogP contribution in [0.4, 0.5) is 17.1 Å².